The summed E-state index contributed by atoms with van der Waals surface area (Å²) in [5.41, 5.74) is 3.67. The number of amides is 2. The Kier molecular flexibility index (Phi) is 5.50. The van der Waals surface area contributed by atoms with Crippen molar-refractivity contribution < 1.29 is 19.5 Å². The van der Waals surface area contributed by atoms with Crippen molar-refractivity contribution in [2.45, 2.75) is 6.54 Å². The highest BCUT2D eigenvalue weighted by atomic mass is 32.2. The molecule has 148 valence electrons. The number of rotatable bonds is 5. The molecule has 6 heteroatoms. The summed E-state index contributed by atoms with van der Waals surface area (Å²) in [5.74, 6) is -1.27. The number of carbonyl (C=O) groups is 3. The van der Waals surface area contributed by atoms with E-state index in [1.54, 1.807) is 30.3 Å². The van der Waals surface area contributed by atoms with Gasteiger partial charge in [-0.15, -0.1) is 0 Å². The molecule has 5 nitrogen and oxygen atoms in total. The highest BCUT2D eigenvalue weighted by Crippen LogP contribution is 2.34. The van der Waals surface area contributed by atoms with Crippen LogP contribution in [0.15, 0.2) is 83.8 Å². The molecule has 1 aliphatic rings. The summed E-state index contributed by atoms with van der Waals surface area (Å²) in [6, 6.07) is 23.5. The van der Waals surface area contributed by atoms with E-state index < -0.39 is 5.97 Å². The topological polar surface area (TPSA) is 74.7 Å². The third-order valence-electron chi connectivity index (χ3n) is 4.71. The Morgan fingerprint density at radius 1 is 0.900 bits per heavy atom. The second-order valence-electron chi connectivity index (χ2n) is 6.76. The van der Waals surface area contributed by atoms with Crippen LogP contribution in [0.2, 0.25) is 0 Å². The van der Waals surface area contributed by atoms with Gasteiger partial charge < -0.3 is 5.11 Å². The van der Waals surface area contributed by atoms with E-state index in [2.05, 4.69) is 0 Å². The molecule has 0 aromatic heterocycles. The summed E-state index contributed by atoms with van der Waals surface area (Å²) in [4.78, 5) is 37.7. The number of hydrogen-bond acceptors (Lipinski definition) is 4. The first kappa shape index (κ1) is 19.7. The Morgan fingerprint density at radius 2 is 1.63 bits per heavy atom. The molecule has 1 fully saturated rings. The Balaban J connectivity index is 1.56. The highest BCUT2D eigenvalue weighted by molar-refractivity contribution is 8.18. The fourth-order valence-corrected chi connectivity index (χ4v) is 4.01. The van der Waals surface area contributed by atoms with E-state index in [0.29, 0.717) is 4.91 Å². The molecule has 0 spiro atoms. The van der Waals surface area contributed by atoms with Crippen molar-refractivity contribution in [1.82, 2.24) is 4.90 Å². The summed E-state index contributed by atoms with van der Waals surface area (Å²) in [5, 5.41) is 8.76. The van der Waals surface area contributed by atoms with E-state index in [-0.39, 0.29) is 23.3 Å². The van der Waals surface area contributed by atoms with Gasteiger partial charge in [0.1, 0.15) is 0 Å². The van der Waals surface area contributed by atoms with Gasteiger partial charge in [-0.1, -0.05) is 60.7 Å². The van der Waals surface area contributed by atoms with Gasteiger partial charge in [-0.3, -0.25) is 14.5 Å². The van der Waals surface area contributed by atoms with Crippen molar-refractivity contribution in [3.05, 3.63) is 100 Å². The van der Waals surface area contributed by atoms with Crippen LogP contribution in [0.4, 0.5) is 4.79 Å². The van der Waals surface area contributed by atoms with Crippen molar-refractivity contribution in [1.29, 1.82) is 0 Å². The monoisotopic (exact) mass is 415 g/mol. The standard InChI is InChI=1S/C24H17NO4S/c26-22-21(30-24(29)25(22)15-16-5-2-1-3-6-16)14-17-7-4-8-20(13-17)18-9-11-19(12-10-18)23(27)28/h1-14H,15H2,(H,27,28)/b21-14-. The number of thioether (sulfide) groups is 1. The first-order valence-electron chi connectivity index (χ1n) is 9.24. The molecule has 1 saturated heterocycles. The molecule has 0 atom stereocenters. The number of carboxylic acids is 1. The summed E-state index contributed by atoms with van der Waals surface area (Å²) >= 11 is 0.936. The van der Waals surface area contributed by atoms with Crippen molar-refractivity contribution in [2.24, 2.45) is 0 Å². The SMILES string of the molecule is O=C(O)c1ccc(-c2cccc(/C=C3\SC(=O)N(Cc4ccccc4)C3=O)c2)cc1. The molecule has 30 heavy (non-hydrogen) atoms. The molecule has 3 aromatic carbocycles. The van der Waals surface area contributed by atoms with E-state index in [0.717, 1.165) is 34.0 Å². The number of aromatic carboxylic acids is 1. The molecule has 0 radical (unpaired) electrons. The Morgan fingerprint density at radius 3 is 2.33 bits per heavy atom. The molecule has 1 heterocycles. The van der Waals surface area contributed by atoms with Crippen LogP contribution < -0.4 is 0 Å². The second kappa shape index (κ2) is 8.39. The Labute approximate surface area is 177 Å². The second-order valence-corrected chi connectivity index (χ2v) is 7.75. The lowest BCUT2D eigenvalue weighted by Crippen LogP contribution is -2.27. The summed E-state index contributed by atoms with van der Waals surface area (Å²) < 4.78 is 0. The van der Waals surface area contributed by atoms with Crippen LogP contribution in [0.1, 0.15) is 21.5 Å². The van der Waals surface area contributed by atoms with Gasteiger partial charge in [-0.2, -0.15) is 0 Å². The molecular formula is C24H17NO4S. The van der Waals surface area contributed by atoms with Crippen LogP contribution in [0.25, 0.3) is 17.2 Å². The minimum atomic E-state index is -0.971. The first-order valence-corrected chi connectivity index (χ1v) is 10.1. The maximum atomic E-state index is 12.7. The van der Waals surface area contributed by atoms with Gasteiger partial charge in [0, 0.05) is 0 Å². The van der Waals surface area contributed by atoms with E-state index >= 15 is 0 Å². The normalized spacial score (nSPS) is 15.1. The predicted molar refractivity (Wildman–Crippen MR) is 117 cm³/mol. The maximum Gasteiger partial charge on any atom is 0.335 e. The van der Waals surface area contributed by atoms with E-state index in [1.807, 2.05) is 54.6 Å². The van der Waals surface area contributed by atoms with E-state index in [4.69, 9.17) is 5.11 Å². The van der Waals surface area contributed by atoms with Gasteiger partial charge in [0.05, 0.1) is 17.0 Å². The van der Waals surface area contributed by atoms with Crippen LogP contribution in [0.3, 0.4) is 0 Å². The zero-order valence-electron chi connectivity index (χ0n) is 15.8. The fraction of sp³-hybridized carbons (Fsp3) is 0.0417. The maximum absolute atomic E-state index is 12.7. The molecular weight excluding hydrogens is 398 g/mol. The fourth-order valence-electron chi connectivity index (χ4n) is 3.17. The molecule has 0 saturated carbocycles. The minimum absolute atomic E-state index is 0.224. The number of carbonyl (C=O) groups excluding carboxylic acids is 2. The molecule has 0 bridgehead atoms. The molecule has 3 aromatic rings. The molecule has 2 amide bonds. The number of benzene rings is 3. The van der Waals surface area contributed by atoms with Gasteiger partial charge in [0.2, 0.25) is 0 Å². The van der Waals surface area contributed by atoms with Crippen molar-refractivity contribution >= 4 is 35.0 Å². The number of hydrogen-bond donors (Lipinski definition) is 1. The third-order valence-corrected chi connectivity index (χ3v) is 5.61. The van der Waals surface area contributed by atoms with Crippen molar-refractivity contribution in [3.8, 4) is 11.1 Å². The van der Waals surface area contributed by atoms with Crippen LogP contribution >= 0.6 is 11.8 Å². The molecule has 1 aliphatic heterocycles. The molecule has 4 rings (SSSR count). The van der Waals surface area contributed by atoms with Gasteiger partial charge in [0.25, 0.3) is 11.1 Å². The minimum Gasteiger partial charge on any atom is -0.478 e. The zero-order chi connectivity index (χ0) is 21.1. The van der Waals surface area contributed by atoms with Gasteiger partial charge in [0.15, 0.2) is 0 Å². The van der Waals surface area contributed by atoms with Gasteiger partial charge in [-0.25, -0.2) is 4.79 Å². The average molecular weight is 415 g/mol. The van der Waals surface area contributed by atoms with Crippen LogP contribution in [-0.2, 0) is 11.3 Å². The van der Waals surface area contributed by atoms with Crippen LogP contribution in [0.5, 0.6) is 0 Å². The lowest BCUT2D eigenvalue weighted by molar-refractivity contribution is -0.123. The molecule has 1 N–H and O–H groups in total. The zero-order valence-corrected chi connectivity index (χ0v) is 16.6. The highest BCUT2D eigenvalue weighted by Gasteiger charge is 2.34. The van der Waals surface area contributed by atoms with Crippen LogP contribution in [0, 0.1) is 0 Å². The van der Waals surface area contributed by atoms with Gasteiger partial charge >= 0.3 is 5.97 Å². The molecule has 0 unspecified atom stereocenters. The molecule has 0 aliphatic carbocycles. The Bertz CT molecular complexity index is 1150. The van der Waals surface area contributed by atoms with Crippen molar-refractivity contribution in [3.63, 3.8) is 0 Å². The number of carboxylic acid groups (broad SMARTS) is 1. The average Bonchev–Trinajstić information content (AvgIpc) is 3.02. The first-order chi connectivity index (χ1) is 14.5. The van der Waals surface area contributed by atoms with E-state index in [9.17, 15) is 14.4 Å². The third kappa shape index (κ3) is 4.18. The van der Waals surface area contributed by atoms with Crippen molar-refractivity contribution in [2.75, 3.05) is 0 Å². The summed E-state index contributed by atoms with van der Waals surface area (Å²) in [6.45, 7) is 0.249. The number of imide groups is 1. The quantitative estimate of drug-likeness (QED) is 0.573. The van der Waals surface area contributed by atoms with Crippen LogP contribution in [-0.4, -0.2) is 27.1 Å². The summed E-state index contributed by atoms with van der Waals surface area (Å²) in [7, 11) is 0. The largest absolute Gasteiger partial charge is 0.478 e. The lowest BCUT2D eigenvalue weighted by Gasteiger charge is -2.12. The lowest BCUT2D eigenvalue weighted by atomic mass is 10.0. The number of nitrogens with zero attached hydrogens (tertiary/aromatic N) is 1. The smallest absolute Gasteiger partial charge is 0.335 e. The van der Waals surface area contributed by atoms with E-state index in [1.165, 1.54) is 4.90 Å². The predicted octanol–water partition coefficient (Wildman–Crippen LogP) is 5.29. The van der Waals surface area contributed by atoms with Gasteiger partial charge in [-0.05, 0) is 58.3 Å². The Hall–Kier alpha value is -3.64. The summed E-state index contributed by atoms with van der Waals surface area (Å²) in [6.07, 6.45) is 1.71.